The molecular formula is C16H26N2O2. The van der Waals surface area contributed by atoms with Crippen molar-refractivity contribution in [1.29, 1.82) is 0 Å². The van der Waals surface area contributed by atoms with E-state index in [1.165, 1.54) is 5.69 Å². The van der Waals surface area contributed by atoms with Gasteiger partial charge in [0.1, 0.15) is 5.75 Å². The smallest absolute Gasteiger partial charge is 0.142 e. The summed E-state index contributed by atoms with van der Waals surface area (Å²) in [5.41, 5.74) is 1.18. The lowest BCUT2D eigenvalue weighted by atomic mass is 10.1. The second-order valence-electron chi connectivity index (χ2n) is 5.40. The van der Waals surface area contributed by atoms with Gasteiger partial charge in [0.15, 0.2) is 0 Å². The summed E-state index contributed by atoms with van der Waals surface area (Å²) in [4.78, 5) is 4.72. The van der Waals surface area contributed by atoms with Crippen molar-refractivity contribution in [2.24, 2.45) is 0 Å². The van der Waals surface area contributed by atoms with Crippen LogP contribution in [-0.4, -0.2) is 54.9 Å². The molecule has 0 saturated carbocycles. The Labute approximate surface area is 122 Å². The topological polar surface area (TPSA) is 35.9 Å². The minimum absolute atomic E-state index is 0.222. The third kappa shape index (κ3) is 3.44. The molecule has 1 aromatic rings. The molecule has 1 fully saturated rings. The van der Waals surface area contributed by atoms with E-state index < -0.39 is 0 Å². The second-order valence-corrected chi connectivity index (χ2v) is 5.40. The maximum atomic E-state index is 9.69. The highest BCUT2D eigenvalue weighted by molar-refractivity contribution is 5.58. The van der Waals surface area contributed by atoms with Crippen molar-refractivity contribution >= 4 is 5.69 Å². The van der Waals surface area contributed by atoms with Crippen molar-refractivity contribution in [3.63, 3.8) is 0 Å². The van der Waals surface area contributed by atoms with Crippen LogP contribution in [0.25, 0.3) is 0 Å². The van der Waals surface area contributed by atoms with Crippen molar-refractivity contribution < 1.29 is 9.84 Å². The number of ether oxygens (including phenoxy) is 1. The highest BCUT2D eigenvalue weighted by Gasteiger charge is 2.24. The summed E-state index contributed by atoms with van der Waals surface area (Å²) in [6.45, 7) is 10.6. The van der Waals surface area contributed by atoms with Crippen LogP contribution < -0.4 is 9.64 Å². The van der Waals surface area contributed by atoms with Crippen LogP contribution in [0.3, 0.4) is 0 Å². The summed E-state index contributed by atoms with van der Waals surface area (Å²) in [5, 5.41) is 9.69. The summed E-state index contributed by atoms with van der Waals surface area (Å²) >= 11 is 0. The summed E-state index contributed by atoms with van der Waals surface area (Å²) in [5.74, 6) is 0.965. The fourth-order valence-corrected chi connectivity index (χ4v) is 2.67. The van der Waals surface area contributed by atoms with Gasteiger partial charge in [-0.3, -0.25) is 4.90 Å². The lowest BCUT2D eigenvalue weighted by Gasteiger charge is -2.40. The number of para-hydroxylation sites is 2. The average molecular weight is 278 g/mol. The maximum absolute atomic E-state index is 9.69. The molecule has 20 heavy (non-hydrogen) atoms. The van der Waals surface area contributed by atoms with E-state index in [9.17, 15) is 5.11 Å². The van der Waals surface area contributed by atoms with E-state index in [-0.39, 0.29) is 12.1 Å². The van der Waals surface area contributed by atoms with Crippen molar-refractivity contribution in [1.82, 2.24) is 4.90 Å². The van der Waals surface area contributed by atoms with Gasteiger partial charge in [0.25, 0.3) is 0 Å². The lowest BCUT2D eigenvalue weighted by molar-refractivity contribution is 0.0672. The summed E-state index contributed by atoms with van der Waals surface area (Å²) in [6.07, 6.45) is -0.280. The largest absolute Gasteiger partial charge is 0.492 e. The van der Waals surface area contributed by atoms with Gasteiger partial charge in [-0.05, 0) is 32.9 Å². The molecule has 1 aromatic carbocycles. The molecule has 4 nitrogen and oxygen atoms in total. The van der Waals surface area contributed by atoms with Crippen LogP contribution in [0.1, 0.15) is 20.8 Å². The highest BCUT2D eigenvalue weighted by atomic mass is 16.5. The lowest BCUT2D eigenvalue weighted by Crippen LogP contribution is -2.52. The first-order valence-electron chi connectivity index (χ1n) is 7.52. The zero-order valence-corrected chi connectivity index (χ0v) is 12.7. The molecule has 1 aliphatic rings. The number of nitrogens with zero attached hydrogens (tertiary/aromatic N) is 2. The third-order valence-corrected chi connectivity index (χ3v) is 4.09. The Morgan fingerprint density at radius 1 is 1.15 bits per heavy atom. The van der Waals surface area contributed by atoms with Gasteiger partial charge in [-0.2, -0.15) is 0 Å². The fraction of sp³-hybridized carbons (Fsp3) is 0.625. The molecule has 112 valence electrons. The molecule has 0 aliphatic carbocycles. The first-order chi connectivity index (χ1) is 9.63. The predicted molar refractivity (Wildman–Crippen MR) is 82.5 cm³/mol. The zero-order valence-electron chi connectivity index (χ0n) is 12.7. The van der Waals surface area contributed by atoms with Gasteiger partial charge in [-0.25, -0.2) is 0 Å². The summed E-state index contributed by atoms with van der Waals surface area (Å²) < 4.78 is 5.71. The van der Waals surface area contributed by atoms with Crippen molar-refractivity contribution in [3.8, 4) is 5.75 Å². The van der Waals surface area contributed by atoms with Crippen LogP contribution >= 0.6 is 0 Å². The Balaban J connectivity index is 2.00. The van der Waals surface area contributed by atoms with Gasteiger partial charge >= 0.3 is 0 Å². The molecule has 4 heteroatoms. The monoisotopic (exact) mass is 278 g/mol. The number of hydrogen-bond donors (Lipinski definition) is 1. The molecule has 0 amide bonds. The van der Waals surface area contributed by atoms with Crippen LogP contribution in [0, 0.1) is 0 Å². The van der Waals surface area contributed by atoms with Crippen LogP contribution in [0.5, 0.6) is 5.75 Å². The first kappa shape index (κ1) is 15.1. The second kappa shape index (κ2) is 6.95. The quantitative estimate of drug-likeness (QED) is 0.893. The fourth-order valence-electron chi connectivity index (χ4n) is 2.67. The Morgan fingerprint density at radius 3 is 2.40 bits per heavy atom. The van der Waals surface area contributed by atoms with E-state index in [0.29, 0.717) is 6.61 Å². The molecule has 0 aromatic heterocycles. The number of anilines is 1. The first-order valence-corrected chi connectivity index (χ1v) is 7.52. The molecule has 1 heterocycles. The van der Waals surface area contributed by atoms with Gasteiger partial charge in [-0.1, -0.05) is 12.1 Å². The standard InChI is InChI=1S/C16H26N2O2/c1-4-20-16-8-6-5-7-15(16)18-11-9-17(10-12-18)13(2)14(3)19/h5-8,13-14,19H,4,9-12H2,1-3H3/t13-,14-/m1/s1. The van der Waals surface area contributed by atoms with Crippen molar-refractivity contribution in [2.75, 3.05) is 37.7 Å². The Morgan fingerprint density at radius 2 is 1.80 bits per heavy atom. The number of rotatable bonds is 5. The van der Waals surface area contributed by atoms with Crippen molar-refractivity contribution in [2.45, 2.75) is 32.9 Å². The van der Waals surface area contributed by atoms with Gasteiger partial charge in [-0.15, -0.1) is 0 Å². The van der Waals surface area contributed by atoms with Gasteiger partial charge < -0.3 is 14.7 Å². The summed E-state index contributed by atoms with van der Waals surface area (Å²) in [7, 11) is 0. The van der Waals surface area contributed by atoms with Gasteiger partial charge in [0, 0.05) is 32.2 Å². The van der Waals surface area contributed by atoms with Crippen LogP contribution in [0.4, 0.5) is 5.69 Å². The van der Waals surface area contributed by atoms with Gasteiger partial charge in [0.2, 0.25) is 0 Å². The number of hydrogen-bond acceptors (Lipinski definition) is 4. The van der Waals surface area contributed by atoms with E-state index in [4.69, 9.17) is 4.74 Å². The third-order valence-electron chi connectivity index (χ3n) is 4.09. The molecule has 0 unspecified atom stereocenters. The molecule has 2 rings (SSSR count). The Hall–Kier alpha value is -1.26. The molecule has 0 spiro atoms. The number of aliphatic hydroxyl groups is 1. The van der Waals surface area contributed by atoms with Crippen LogP contribution in [-0.2, 0) is 0 Å². The molecular weight excluding hydrogens is 252 g/mol. The number of benzene rings is 1. The highest BCUT2D eigenvalue weighted by Crippen LogP contribution is 2.29. The Kier molecular flexibility index (Phi) is 5.26. The average Bonchev–Trinajstić information content (AvgIpc) is 2.47. The van der Waals surface area contributed by atoms with Crippen molar-refractivity contribution in [3.05, 3.63) is 24.3 Å². The molecule has 0 bridgehead atoms. The minimum atomic E-state index is -0.280. The van der Waals surface area contributed by atoms with Gasteiger partial charge in [0.05, 0.1) is 18.4 Å². The molecule has 0 radical (unpaired) electrons. The van der Waals surface area contributed by atoms with E-state index in [1.807, 2.05) is 26.0 Å². The number of aliphatic hydroxyl groups excluding tert-OH is 1. The minimum Gasteiger partial charge on any atom is -0.492 e. The maximum Gasteiger partial charge on any atom is 0.142 e. The molecule has 1 aliphatic heterocycles. The van der Waals surface area contributed by atoms with E-state index in [0.717, 1.165) is 31.9 Å². The van der Waals surface area contributed by atoms with E-state index in [2.05, 4.69) is 28.9 Å². The van der Waals surface area contributed by atoms with Crippen LogP contribution in [0.15, 0.2) is 24.3 Å². The predicted octanol–water partition coefficient (Wildman–Crippen LogP) is 1.98. The Bertz CT molecular complexity index is 415. The molecule has 1 saturated heterocycles. The van der Waals surface area contributed by atoms with Crippen LogP contribution in [0.2, 0.25) is 0 Å². The normalized spacial score (nSPS) is 19.7. The summed E-state index contributed by atoms with van der Waals surface area (Å²) in [6, 6.07) is 8.45. The SMILES string of the molecule is CCOc1ccccc1N1CCN([C@H](C)[C@@H](C)O)CC1. The zero-order chi connectivity index (χ0) is 14.5. The molecule has 1 N–H and O–H groups in total. The number of piperazine rings is 1. The molecule has 2 atom stereocenters. The van der Waals surface area contributed by atoms with E-state index in [1.54, 1.807) is 0 Å². The van der Waals surface area contributed by atoms with E-state index >= 15 is 0 Å².